The lowest BCUT2D eigenvalue weighted by molar-refractivity contribution is -0.151. The number of amides is 1. The van der Waals surface area contributed by atoms with Gasteiger partial charge in [0.1, 0.15) is 4.83 Å². The van der Waals surface area contributed by atoms with Gasteiger partial charge in [0.25, 0.3) is 5.56 Å². The van der Waals surface area contributed by atoms with Gasteiger partial charge in [0.2, 0.25) is 5.91 Å². The third-order valence-corrected chi connectivity index (χ3v) is 6.96. The molecule has 8 heteroatoms. The van der Waals surface area contributed by atoms with Gasteiger partial charge in [-0.2, -0.15) is 0 Å². The van der Waals surface area contributed by atoms with Crippen LogP contribution in [-0.2, 0) is 20.9 Å². The predicted molar refractivity (Wildman–Crippen MR) is 125 cm³/mol. The highest BCUT2D eigenvalue weighted by molar-refractivity contribution is 7.19. The van der Waals surface area contributed by atoms with E-state index in [2.05, 4.69) is 4.98 Å². The van der Waals surface area contributed by atoms with Crippen molar-refractivity contribution in [2.45, 2.75) is 39.7 Å². The summed E-state index contributed by atoms with van der Waals surface area (Å²) in [5.74, 6) is -0.318. The number of piperidine rings is 1. The molecule has 1 aromatic carbocycles. The Morgan fingerprint density at radius 3 is 2.59 bits per heavy atom. The first-order valence-corrected chi connectivity index (χ1v) is 11.8. The number of aromatic nitrogens is 2. The van der Waals surface area contributed by atoms with Crippen molar-refractivity contribution in [2.75, 3.05) is 19.7 Å². The highest BCUT2D eigenvalue weighted by Gasteiger charge is 2.28. The molecule has 3 aromatic rings. The van der Waals surface area contributed by atoms with Crippen LogP contribution >= 0.6 is 11.3 Å². The van der Waals surface area contributed by atoms with E-state index < -0.39 is 0 Å². The lowest BCUT2D eigenvalue weighted by atomic mass is 9.97. The number of benzene rings is 1. The van der Waals surface area contributed by atoms with Gasteiger partial charge in [-0.3, -0.25) is 19.0 Å². The Kier molecular flexibility index (Phi) is 6.69. The molecule has 0 saturated carbocycles. The molecule has 1 aliphatic heterocycles. The maximum atomic E-state index is 13.3. The minimum atomic E-state index is -0.175. The number of nitrogens with zero attached hydrogens (tertiary/aromatic N) is 3. The quantitative estimate of drug-likeness (QED) is 0.533. The molecule has 1 saturated heterocycles. The summed E-state index contributed by atoms with van der Waals surface area (Å²) in [5, 5.41) is 0.615. The standard InChI is InChI=1S/C24H27N3O4S/c1-3-31-24(30)18-9-12-26(13-10-18)19(28)11-14-27-15-25-22-21(23(27)29)20(16(2)32-22)17-7-5-4-6-8-17/h4-8,15,18H,3,9-14H2,1-2H3. The first kappa shape index (κ1) is 22.2. The number of thiophene rings is 1. The lowest BCUT2D eigenvalue weighted by Gasteiger charge is -2.31. The molecular formula is C24H27N3O4S. The minimum absolute atomic E-state index is 0.0101. The largest absolute Gasteiger partial charge is 0.466 e. The normalized spacial score (nSPS) is 14.6. The van der Waals surface area contributed by atoms with E-state index in [0.717, 1.165) is 20.8 Å². The van der Waals surface area contributed by atoms with Crippen molar-refractivity contribution in [3.8, 4) is 11.1 Å². The van der Waals surface area contributed by atoms with Gasteiger partial charge in [-0.1, -0.05) is 30.3 Å². The van der Waals surface area contributed by atoms with Crippen LogP contribution in [0.5, 0.6) is 0 Å². The number of aryl methyl sites for hydroxylation is 2. The Hall–Kier alpha value is -3.00. The third-order valence-electron chi connectivity index (χ3n) is 5.95. The summed E-state index contributed by atoms with van der Waals surface area (Å²) in [6.45, 7) is 5.53. The molecule has 0 atom stereocenters. The van der Waals surface area contributed by atoms with Crippen LogP contribution in [0.4, 0.5) is 0 Å². The zero-order valence-electron chi connectivity index (χ0n) is 18.4. The summed E-state index contributed by atoms with van der Waals surface area (Å²) in [6.07, 6.45) is 3.00. The number of carbonyl (C=O) groups excluding carboxylic acids is 2. The van der Waals surface area contributed by atoms with Crippen molar-refractivity contribution in [3.63, 3.8) is 0 Å². The summed E-state index contributed by atoms with van der Waals surface area (Å²) >= 11 is 1.51. The number of ether oxygens (including phenoxy) is 1. The van der Waals surface area contributed by atoms with E-state index in [9.17, 15) is 14.4 Å². The highest BCUT2D eigenvalue weighted by atomic mass is 32.1. The Balaban J connectivity index is 1.46. The maximum Gasteiger partial charge on any atom is 0.309 e. The molecule has 1 amide bonds. The zero-order chi connectivity index (χ0) is 22.7. The van der Waals surface area contributed by atoms with E-state index in [1.54, 1.807) is 11.8 Å². The van der Waals surface area contributed by atoms with E-state index in [1.807, 2.05) is 37.3 Å². The smallest absolute Gasteiger partial charge is 0.309 e. The van der Waals surface area contributed by atoms with Gasteiger partial charge in [0.15, 0.2) is 0 Å². The molecule has 2 aromatic heterocycles. The van der Waals surface area contributed by atoms with Crippen LogP contribution in [0.1, 0.15) is 31.1 Å². The fraction of sp³-hybridized carbons (Fsp3) is 0.417. The molecule has 0 spiro atoms. The van der Waals surface area contributed by atoms with Crippen molar-refractivity contribution in [1.29, 1.82) is 0 Å². The van der Waals surface area contributed by atoms with E-state index in [1.165, 1.54) is 22.2 Å². The number of carbonyl (C=O) groups is 2. The third kappa shape index (κ3) is 4.46. The fourth-order valence-electron chi connectivity index (χ4n) is 4.25. The van der Waals surface area contributed by atoms with Crippen molar-refractivity contribution in [3.05, 3.63) is 51.9 Å². The molecule has 0 N–H and O–H groups in total. The predicted octanol–water partition coefficient (Wildman–Crippen LogP) is 3.63. The van der Waals surface area contributed by atoms with E-state index in [4.69, 9.17) is 4.74 Å². The van der Waals surface area contributed by atoms with Crippen LogP contribution in [0, 0.1) is 12.8 Å². The molecule has 1 fully saturated rings. The number of hydrogen-bond donors (Lipinski definition) is 0. The molecule has 7 nitrogen and oxygen atoms in total. The first-order chi connectivity index (χ1) is 15.5. The van der Waals surface area contributed by atoms with Crippen LogP contribution in [0.15, 0.2) is 41.5 Å². The average molecular weight is 454 g/mol. The SMILES string of the molecule is CCOC(=O)C1CCN(C(=O)CCn2cnc3sc(C)c(-c4ccccc4)c3c2=O)CC1. The average Bonchev–Trinajstić information content (AvgIpc) is 3.16. The molecule has 0 aliphatic carbocycles. The fourth-order valence-corrected chi connectivity index (χ4v) is 5.25. The molecule has 3 heterocycles. The van der Waals surface area contributed by atoms with Gasteiger partial charge < -0.3 is 9.64 Å². The topological polar surface area (TPSA) is 81.5 Å². The Morgan fingerprint density at radius 2 is 1.91 bits per heavy atom. The lowest BCUT2D eigenvalue weighted by Crippen LogP contribution is -2.41. The molecule has 0 radical (unpaired) electrons. The van der Waals surface area contributed by atoms with Crippen LogP contribution in [-0.4, -0.2) is 46.0 Å². The van der Waals surface area contributed by atoms with E-state index in [-0.39, 0.29) is 36.3 Å². The molecule has 0 unspecified atom stereocenters. The molecular weight excluding hydrogens is 426 g/mol. The summed E-state index contributed by atoms with van der Waals surface area (Å²) in [4.78, 5) is 45.9. The van der Waals surface area contributed by atoms with Gasteiger partial charge >= 0.3 is 5.97 Å². The van der Waals surface area contributed by atoms with Gasteiger partial charge in [-0.25, -0.2) is 4.98 Å². The monoisotopic (exact) mass is 453 g/mol. The second kappa shape index (κ2) is 9.65. The Bertz CT molecular complexity index is 1180. The number of hydrogen-bond acceptors (Lipinski definition) is 6. The number of esters is 1. The van der Waals surface area contributed by atoms with Crippen LogP contribution in [0.3, 0.4) is 0 Å². The second-order valence-electron chi connectivity index (χ2n) is 7.98. The highest BCUT2D eigenvalue weighted by Crippen LogP contribution is 2.35. The minimum Gasteiger partial charge on any atom is -0.466 e. The summed E-state index contributed by atoms with van der Waals surface area (Å²) in [6, 6.07) is 9.85. The van der Waals surface area contributed by atoms with Crippen molar-refractivity contribution < 1.29 is 14.3 Å². The van der Waals surface area contributed by atoms with Crippen molar-refractivity contribution in [2.24, 2.45) is 5.92 Å². The number of fused-ring (bicyclic) bond motifs is 1. The van der Waals surface area contributed by atoms with Gasteiger partial charge in [-0.05, 0) is 32.3 Å². The summed E-state index contributed by atoms with van der Waals surface area (Å²) in [7, 11) is 0. The van der Waals surface area contributed by atoms with E-state index >= 15 is 0 Å². The Labute approximate surface area is 190 Å². The number of likely N-dealkylation sites (tertiary alicyclic amines) is 1. The second-order valence-corrected chi connectivity index (χ2v) is 9.18. The molecule has 0 bridgehead atoms. The Morgan fingerprint density at radius 1 is 1.19 bits per heavy atom. The molecule has 168 valence electrons. The molecule has 32 heavy (non-hydrogen) atoms. The summed E-state index contributed by atoms with van der Waals surface area (Å²) in [5.41, 5.74) is 1.80. The van der Waals surface area contributed by atoms with Crippen molar-refractivity contribution >= 4 is 33.4 Å². The summed E-state index contributed by atoms with van der Waals surface area (Å²) < 4.78 is 6.62. The van der Waals surface area contributed by atoms with Crippen LogP contribution < -0.4 is 5.56 Å². The van der Waals surface area contributed by atoms with Crippen LogP contribution in [0.25, 0.3) is 21.3 Å². The van der Waals surface area contributed by atoms with Gasteiger partial charge in [-0.15, -0.1) is 11.3 Å². The van der Waals surface area contributed by atoms with E-state index in [0.29, 0.717) is 37.9 Å². The van der Waals surface area contributed by atoms with Crippen molar-refractivity contribution in [1.82, 2.24) is 14.5 Å². The molecule has 4 rings (SSSR count). The first-order valence-electron chi connectivity index (χ1n) is 11.0. The zero-order valence-corrected chi connectivity index (χ0v) is 19.2. The molecule has 1 aliphatic rings. The number of rotatable bonds is 6. The maximum absolute atomic E-state index is 13.3. The van der Waals surface area contributed by atoms with Crippen LogP contribution in [0.2, 0.25) is 0 Å². The van der Waals surface area contributed by atoms with Gasteiger partial charge in [0.05, 0.1) is 24.2 Å². The van der Waals surface area contributed by atoms with Gasteiger partial charge in [0, 0.05) is 36.5 Å².